The minimum Gasteiger partial charge on any atom is -0.508 e. The maximum absolute atomic E-state index is 10.3. The third-order valence-corrected chi connectivity index (χ3v) is 4.50. The first-order chi connectivity index (χ1) is 12.4. The number of phenols is 2. The number of anilines is 1. The number of phenolic OH excluding ortho intramolecular Hbond substituents is 2. The molecule has 3 rings (SSSR count). The van der Waals surface area contributed by atoms with E-state index in [1.807, 2.05) is 33.0 Å². The van der Waals surface area contributed by atoms with E-state index in [4.69, 9.17) is 12.2 Å². The number of aromatic hydroxyl groups is 2. The van der Waals surface area contributed by atoms with Gasteiger partial charge in [0.1, 0.15) is 17.3 Å². The van der Waals surface area contributed by atoms with Crippen LogP contribution in [0.1, 0.15) is 30.9 Å². The summed E-state index contributed by atoms with van der Waals surface area (Å²) in [5.74, 6) is 1.40. The Balaban J connectivity index is 2.05. The third-order valence-electron chi connectivity index (χ3n) is 4.19. The smallest absolute Gasteiger partial charge is 0.195 e. The second-order valence-electron chi connectivity index (χ2n) is 6.32. The summed E-state index contributed by atoms with van der Waals surface area (Å²) in [6, 6.07) is 6.93. The molecule has 0 bridgehead atoms. The number of benzene rings is 1. The molecular formula is C18H21N5O2S. The van der Waals surface area contributed by atoms with Crippen molar-refractivity contribution in [1.82, 2.24) is 19.7 Å². The van der Waals surface area contributed by atoms with Gasteiger partial charge < -0.3 is 15.5 Å². The summed E-state index contributed by atoms with van der Waals surface area (Å²) in [5, 5.41) is 30.4. The maximum Gasteiger partial charge on any atom is 0.195 e. The third kappa shape index (κ3) is 3.41. The number of nitrogens with zero attached hydrogens (tertiary/aromatic N) is 3. The SMILES string of the molecule is CNc1ccc(Cn2c(-c3cc(C(C)C)c(O)cc3O)n[nH]c2=S)cn1. The molecule has 0 aliphatic rings. The second kappa shape index (κ2) is 7.17. The molecule has 7 nitrogen and oxygen atoms in total. The largest absolute Gasteiger partial charge is 0.508 e. The fraction of sp³-hybridized carbons (Fsp3) is 0.278. The van der Waals surface area contributed by atoms with Gasteiger partial charge in [0.25, 0.3) is 0 Å². The normalized spacial score (nSPS) is 11.1. The average molecular weight is 371 g/mol. The van der Waals surface area contributed by atoms with Gasteiger partial charge in [-0.25, -0.2) is 4.98 Å². The highest BCUT2D eigenvalue weighted by Crippen LogP contribution is 2.37. The molecule has 0 amide bonds. The number of nitrogens with one attached hydrogen (secondary N) is 2. The Morgan fingerprint density at radius 2 is 2.00 bits per heavy atom. The van der Waals surface area contributed by atoms with E-state index in [2.05, 4.69) is 20.5 Å². The van der Waals surface area contributed by atoms with Gasteiger partial charge in [-0.05, 0) is 41.4 Å². The van der Waals surface area contributed by atoms with Crippen LogP contribution in [0.3, 0.4) is 0 Å². The quantitative estimate of drug-likeness (QED) is 0.511. The van der Waals surface area contributed by atoms with Crippen molar-refractivity contribution >= 4 is 18.0 Å². The number of rotatable bonds is 5. The number of hydrogen-bond acceptors (Lipinski definition) is 6. The van der Waals surface area contributed by atoms with E-state index in [0.29, 0.717) is 22.7 Å². The van der Waals surface area contributed by atoms with Crippen LogP contribution in [0.5, 0.6) is 11.5 Å². The number of pyridine rings is 1. The van der Waals surface area contributed by atoms with Gasteiger partial charge in [0.05, 0.1) is 12.1 Å². The van der Waals surface area contributed by atoms with Crippen molar-refractivity contribution in [1.29, 1.82) is 0 Å². The molecule has 8 heteroatoms. The minimum atomic E-state index is -0.0502. The molecule has 0 saturated heterocycles. The van der Waals surface area contributed by atoms with Crippen LogP contribution in [0.4, 0.5) is 5.82 Å². The highest BCUT2D eigenvalue weighted by molar-refractivity contribution is 7.71. The molecule has 0 atom stereocenters. The van der Waals surface area contributed by atoms with Crippen molar-refractivity contribution in [3.63, 3.8) is 0 Å². The van der Waals surface area contributed by atoms with Gasteiger partial charge in [0.15, 0.2) is 10.6 Å². The van der Waals surface area contributed by atoms with Crippen molar-refractivity contribution in [2.24, 2.45) is 0 Å². The Morgan fingerprint density at radius 1 is 1.23 bits per heavy atom. The molecular weight excluding hydrogens is 350 g/mol. The van der Waals surface area contributed by atoms with Gasteiger partial charge in [0.2, 0.25) is 0 Å². The summed E-state index contributed by atoms with van der Waals surface area (Å²) in [6.45, 7) is 4.41. The Morgan fingerprint density at radius 3 is 2.62 bits per heavy atom. The molecule has 3 aromatic rings. The molecule has 1 aromatic carbocycles. The predicted octanol–water partition coefficient (Wildman–Crippen LogP) is 3.63. The van der Waals surface area contributed by atoms with Crippen molar-refractivity contribution < 1.29 is 10.2 Å². The first kappa shape index (κ1) is 17.9. The maximum atomic E-state index is 10.3. The van der Waals surface area contributed by atoms with Gasteiger partial charge in [-0.1, -0.05) is 19.9 Å². The van der Waals surface area contributed by atoms with Gasteiger partial charge in [-0.2, -0.15) is 5.10 Å². The van der Waals surface area contributed by atoms with Crippen LogP contribution in [0, 0.1) is 4.77 Å². The van der Waals surface area contributed by atoms with Crippen LogP contribution in [-0.4, -0.2) is 37.0 Å². The molecule has 2 aromatic heterocycles. The Labute approximate surface area is 156 Å². The van der Waals surface area contributed by atoms with Crippen molar-refractivity contribution in [3.05, 3.63) is 46.4 Å². The average Bonchev–Trinajstić information content (AvgIpc) is 2.96. The Kier molecular flexibility index (Phi) is 4.94. The molecule has 0 aliphatic heterocycles. The molecule has 0 aliphatic carbocycles. The van der Waals surface area contributed by atoms with Gasteiger partial charge in [0, 0.05) is 19.3 Å². The first-order valence-electron chi connectivity index (χ1n) is 8.24. The highest BCUT2D eigenvalue weighted by Gasteiger charge is 2.18. The number of aromatic amines is 1. The van der Waals surface area contributed by atoms with E-state index >= 15 is 0 Å². The fourth-order valence-corrected chi connectivity index (χ4v) is 2.95. The Bertz CT molecular complexity index is 976. The summed E-state index contributed by atoms with van der Waals surface area (Å²) in [7, 11) is 1.81. The molecule has 136 valence electrons. The number of aromatic nitrogens is 4. The molecule has 0 fully saturated rings. The molecule has 0 spiro atoms. The van der Waals surface area contributed by atoms with Gasteiger partial charge in [-0.15, -0.1) is 0 Å². The van der Waals surface area contributed by atoms with E-state index in [0.717, 1.165) is 16.9 Å². The number of H-pyrrole nitrogens is 1. The molecule has 4 N–H and O–H groups in total. The standard InChI is InChI=1S/C18H21N5O2S/c1-10(2)12-6-13(15(25)7-14(12)24)17-21-22-18(26)23(17)9-11-4-5-16(19-3)20-8-11/h4-8,10,24-25H,9H2,1-3H3,(H,19,20)(H,22,26). The molecule has 26 heavy (non-hydrogen) atoms. The van der Waals surface area contributed by atoms with E-state index in [1.165, 1.54) is 6.07 Å². The first-order valence-corrected chi connectivity index (χ1v) is 8.65. The summed E-state index contributed by atoms with van der Waals surface area (Å²) in [6.07, 6.45) is 1.76. The van der Waals surface area contributed by atoms with E-state index in [9.17, 15) is 10.2 Å². The summed E-state index contributed by atoms with van der Waals surface area (Å²) < 4.78 is 2.23. The zero-order valence-corrected chi connectivity index (χ0v) is 15.6. The van der Waals surface area contributed by atoms with Crippen molar-refractivity contribution in [3.8, 4) is 22.9 Å². The lowest BCUT2D eigenvalue weighted by Gasteiger charge is -2.13. The predicted molar refractivity (Wildman–Crippen MR) is 103 cm³/mol. The van der Waals surface area contributed by atoms with Crippen LogP contribution >= 0.6 is 12.2 Å². The van der Waals surface area contributed by atoms with Crippen LogP contribution in [0.15, 0.2) is 30.5 Å². The van der Waals surface area contributed by atoms with Gasteiger partial charge >= 0.3 is 0 Å². The molecule has 0 saturated carbocycles. The van der Waals surface area contributed by atoms with Crippen molar-refractivity contribution in [2.75, 3.05) is 12.4 Å². The lowest BCUT2D eigenvalue weighted by molar-refractivity contribution is 0.444. The summed E-state index contributed by atoms with van der Waals surface area (Å²) in [4.78, 5) is 4.30. The second-order valence-corrected chi connectivity index (χ2v) is 6.71. The molecule has 2 heterocycles. The zero-order valence-electron chi connectivity index (χ0n) is 14.8. The lowest BCUT2D eigenvalue weighted by Crippen LogP contribution is -2.04. The summed E-state index contributed by atoms with van der Waals surface area (Å²) >= 11 is 5.36. The number of hydrogen-bond donors (Lipinski definition) is 4. The van der Waals surface area contributed by atoms with Crippen molar-refractivity contribution in [2.45, 2.75) is 26.3 Å². The van der Waals surface area contributed by atoms with Gasteiger partial charge in [-0.3, -0.25) is 9.67 Å². The highest BCUT2D eigenvalue weighted by atomic mass is 32.1. The van der Waals surface area contributed by atoms with E-state index < -0.39 is 0 Å². The minimum absolute atomic E-state index is 0.0502. The fourth-order valence-electron chi connectivity index (χ4n) is 2.75. The van der Waals surface area contributed by atoms with E-state index in [-0.39, 0.29) is 17.4 Å². The molecule has 0 radical (unpaired) electrons. The zero-order chi connectivity index (χ0) is 18.8. The summed E-state index contributed by atoms with van der Waals surface area (Å²) in [5.41, 5.74) is 2.20. The van der Waals surface area contributed by atoms with Crippen LogP contribution in [0.2, 0.25) is 0 Å². The van der Waals surface area contributed by atoms with Crippen LogP contribution < -0.4 is 5.32 Å². The molecule has 0 unspecified atom stereocenters. The Hall–Kier alpha value is -2.87. The van der Waals surface area contributed by atoms with E-state index in [1.54, 1.807) is 16.8 Å². The van der Waals surface area contributed by atoms with Crippen LogP contribution in [0.25, 0.3) is 11.4 Å². The monoisotopic (exact) mass is 371 g/mol. The lowest BCUT2D eigenvalue weighted by atomic mass is 9.98. The van der Waals surface area contributed by atoms with Crippen LogP contribution in [-0.2, 0) is 6.54 Å². The topological polar surface area (TPSA) is 99.0 Å².